The van der Waals surface area contributed by atoms with Crippen LogP contribution in [0.5, 0.6) is 11.5 Å². The number of carbonyl (C=O) groups excluding carboxylic acids is 3. The first-order valence-electron chi connectivity index (χ1n) is 10.3. The molecule has 0 bridgehead atoms. The Bertz CT molecular complexity index is 843. The van der Waals surface area contributed by atoms with Crippen molar-refractivity contribution in [1.82, 2.24) is 9.80 Å². The van der Waals surface area contributed by atoms with Crippen LogP contribution in [0.3, 0.4) is 0 Å². The van der Waals surface area contributed by atoms with Crippen molar-refractivity contribution in [3.8, 4) is 11.5 Å². The molecule has 3 aliphatic heterocycles. The zero-order valence-corrected chi connectivity index (χ0v) is 17.3. The zero-order chi connectivity index (χ0) is 21.3. The lowest BCUT2D eigenvalue weighted by Gasteiger charge is -2.38. The fraction of sp³-hybridized carbons (Fsp3) is 0.571. The molecule has 4 rings (SSSR count). The van der Waals surface area contributed by atoms with E-state index in [1.807, 2.05) is 16.7 Å². The Balaban J connectivity index is 1.37. The Hall–Kier alpha value is -2.65. The topological polar surface area (TPSA) is 97.4 Å². The van der Waals surface area contributed by atoms with E-state index in [0.717, 1.165) is 12.8 Å². The Morgan fingerprint density at radius 3 is 2.43 bits per heavy atom. The second-order valence-corrected chi connectivity index (χ2v) is 7.84. The number of anilines is 1. The fourth-order valence-electron chi connectivity index (χ4n) is 4.05. The lowest BCUT2D eigenvalue weighted by molar-refractivity contribution is -0.143. The molecule has 2 amide bonds. The van der Waals surface area contributed by atoms with Gasteiger partial charge in [0.2, 0.25) is 12.7 Å². The molecule has 0 aliphatic carbocycles. The molecule has 3 heterocycles. The first kappa shape index (κ1) is 20.6. The minimum absolute atomic E-state index is 0.0516. The molecule has 0 aromatic heterocycles. The summed E-state index contributed by atoms with van der Waals surface area (Å²) in [7, 11) is 0. The predicted octanol–water partition coefficient (Wildman–Crippen LogP) is 1.27. The van der Waals surface area contributed by atoms with Gasteiger partial charge in [-0.2, -0.15) is 0 Å². The predicted molar refractivity (Wildman–Crippen MR) is 108 cm³/mol. The van der Waals surface area contributed by atoms with Crippen molar-refractivity contribution < 1.29 is 28.6 Å². The minimum Gasteiger partial charge on any atom is -0.454 e. The van der Waals surface area contributed by atoms with Crippen molar-refractivity contribution >= 4 is 23.3 Å². The summed E-state index contributed by atoms with van der Waals surface area (Å²) in [6, 6.07) is 2.82. The standard InChI is InChI=1S/C21H27N3O6/c1-13(23-5-7-24(8-6-23)21(27)17-4-3-9-28-17)20(26)22-16-11-19-18(29-12-30-19)10-15(16)14(2)25/h10-11,13,17H,3-9,12H2,1-2H3,(H,22,26)/t13?,17-/m1/s1. The molecular weight excluding hydrogens is 390 g/mol. The van der Waals surface area contributed by atoms with E-state index in [1.165, 1.54) is 6.92 Å². The van der Waals surface area contributed by atoms with Crippen molar-refractivity contribution in [1.29, 1.82) is 0 Å². The molecule has 9 heteroatoms. The van der Waals surface area contributed by atoms with E-state index >= 15 is 0 Å². The maximum Gasteiger partial charge on any atom is 0.251 e. The second-order valence-electron chi connectivity index (χ2n) is 7.84. The third-order valence-electron chi connectivity index (χ3n) is 5.91. The first-order valence-corrected chi connectivity index (χ1v) is 10.3. The van der Waals surface area contributed by atoms with Crippen LogP contribution < -0.4 is 14.8 Å². The van der Waals surface area contributed by atoms with Crippen molar-refractivity contribution in [2.75, 3.05) is 44.9 Å². The molecular formula is C21H27N3O6. The summed E-state index contributed by atoms with van der Waals surface area (Å²) in [5.41, 5.74) is 0.794. The largest absolute Gasteiger partial charge is 0.454 e. The SMILES string of the molecule is CC(=O)c1cc2c(cc1NC(=O)C(C)N1CCN(C(=O)[C@H]3CCCO3)CC1)OCO2. The van der Waals surface area contributed by atoms with Crippen molar-refractivity contribution in [2.24, 2.45) is 0 Å². The van der Waals surface area contributed by atoms with Crippen molar-refractivity contribution in [3.63, 3.8) is 0 Å². The van der Waals surface area contributed by atoms with Gasteiger partial charge in [0.25, 0.3) is 5.91 Å². The zero-order valence-electron chi connectivity index (χ0n) is 17.3. The van der Waals surface area contributed by atoms with Crippen LogP contribution in [0.1, 0.15) is 37.0 Å². The van der Waals surface area contributed by atoms with E-state index in [0.29, 0.717) is 55.5 Å². The van der Waals surface area contributed by atoms with Gasteiger partial charge in [-0.05, 0) is 32.8 Å². The van der Waals surface area contributed by atoms with Crippen LogP contribution >= 0.6 is 0 Å². The van der Waals surface area contributed by atoms with Crippen LogP contribution in [0.2, 0.25) is 0 Å². The van der Waals surface area contributed by atoms with Gasteiger partial charge >= 0.3 is 0 Å². The normalized spacial score (nSPS) is 22.1. The van der Waals surface area contributed by atoms with E-state index in [4.69, 9.17) is 14.2 Å². The highest BCUT2D eigenvalue weighted by Crippen LogP contribution is 2.37. The number of rotatable bonds is 5. The van der Waals surface area contributed by atoms with Crippen molar-refractivity contribution in [3.05, 3.63) is 17.7 Å². The number of carbonyl (C=O) groups is 3. The average molecular weight is 417 g/mol. The molecule has 1 N–H and O–H groups in total. The molecule has 2 saturated heterocycles. The van der Waals surface area contributed by atoms with Crippen LogP contribution in [0.15, 0.2) is 12.1 Å². The maximum atomic E-state index is 12.9. The Morgan fingerprint density at radius 1 is 1.10 bits per heavy atom. The van der Waals surface area contributed by atoms with Gasteiger partial charge in [0, 0.05) is 44.4 Å². The van der Waals surface area contributed by atoms with Gasteiger partial charge in [0.15, 0.2) is 17.3 Å². The first-order chi connectivity index (χ1) is 14.4. The lowest BCUT2D eigenvalue weighted by Crippen LogP contribution is -2.55. The molecule has 162 valence electrons. The number of Topliss-reactive ketones (excluding diaryl/α,β-unsaturated/α-hetero) is 1. The maximum absolute atomic E-state index is 12.9. The van der Waals surface area contributed by atoms with Crippen LogP contribution in [-0.2, 0) is 14.3 Å². The lowest BCUT2D eigenvalue weighted by atomic mass is 10.1. The van der Waals surface area contributed by atoms with Gasteiger partial charge in [-0.25, -0.2) is 0 Å². The monoisotopic (exact) mass is 417 g/mol. The molecule has 9 nitrogen and oxygen atoms in total. The number of hydrogen-bond acceptors (Lipinski definition) is 7. The fourth-order valence-corrected chi connectivity index (χ4v) is 4.05. The molecule has 2 atom stereocenters. The number of piperazine rings is 1. The summed E-state index contributed by atoms with van der Waals surface area (Å²) in [4.78, 5) is 41.3. The van der Waals surface area contributed by atoms with E-state index < -0.39 is 6.04 Å². The Kier molecular flexibility index (Phi) is 5.92. The number of hydrogen-bond donors (Lipinski definition) is 1. The molecule has 0 spiro atoms. The molecule has 30 heavy (non-hydrogen) atoms. The van der Waals surface area contributed by atoms with E-state index in [-0.39, 0.29) is 30.5 Å². The second kappa shape index (κ2) is 8.61. The average Bonchev–Trinajstić information content (AvgIpc) is 3.43. The molecule has 3 aliphatic rings. The number of ether oxygens (including phenoxy) is 3. The highest BCUT2D eigenvalue weighted by atomic mass is 16.7. The number of nitrogens with zero attached hydrogens (tertiary/aromatic N) is 2. The molecule has 1 aromatic carbocycles. The van der Waals surface area contributed by atoms with Gasteiger partial charge in [-0.1, -0.05) is 0 Å². The third-order valence-corrected chi connectivity index (χ3v) is 5.91. The summed E-state index contributed by atoms with van der Waals surface area (Å²) in [6.45, 7) is 6.36. The Morgan fingerprint density at radius 2 is 1.80 bits per heavy atom. The molecule has 2 fully saturated rings. The van der Waals surface area contributed by atoms with E-state index in [1.54, 1.807) is 12.1 Å². The van der Waals surface area contributed by atoms with Gasteiger partial charge in [-0.15, -0.1) is 0 Å². The molecule has 1 unspecified atom stereocenters. The smallest absolute Gasteiger partial charge is 0.251 e. The molecule has 0 saturated carbocycles. The van der Waals surface area contributed by atoms with Crippen molar-refractivity contribution in [2.45, 2.75) is 38.8 Å². The third kappa shape index (κ3) is 4.13. The van der Waals surface area contributed by atoms with Gasteiger partial charge in [-0.3, -0.25) is 19.3 Å². The van der Waals surface area contributed by atoms with Gasteiger partial charge in [0.1, 0.15) is 6.10 Å². The van der Waals surface area contributed by atoms with Gasteiger partial charge in [0.05, 0.1) is 11.7 Å². The van der Waals surface area contributed by atoms with Gasteiger partial charge < -0.3 is 24.4 Å². The molecule has 1 aromatic rings. The Labute approximate surface area is 175 Å². The quantitative estimate of drug-likeness (QED) is 0.721. The summed E-state index contributed by atoms with van der Waals surface area (Å²) in [5.74, 6) is 0.672. The molecule has 0 radical (unpaired) electrons. The summed E-state index contributed by atoms with van der Waals surface area (Å²) < 4.78 is 16.2. The van der Waals surface area contributed by atoms with Crippen LogP contribution in [0, 0.1) is 0 Å². The minimum atomic E-state index is -0.407. The van der Waals surface area contributed by atoms with Crippen LogP contribution in [0.4, 0.5) is 5.69 Å². The number of benzene rings is 1. The number of ketones is 1. The summed E-state index contributed by atoms with van der Waals surface area (Å²) in [5, 5.41) is 2.86. The number of nitrogens with one attached hydrogen (secondary N) is 1. The number of fused-ring (bicyclic) bond motifs is 1. The van der Waals surface area contributed by atoms with Crippen LogP contribution in [0.25, 0.3) is 0 Å². The summed E-state index contributed by atoms with van der Waals surface area (Å²) in [6.07, 6.45) is 1.40. The summed E-state index contributed by atoms with van der Waals surface area (Å²) >= 11 is 0. The van der Waals surface area contributed by atoms with E-state index in [9.17, 15) is 14.4 Å². The highest BCUT2D eigenvalue weighted by molar-refractivity contribution is 6.05. The number of amides is 2. The van der Waals surface area contributed by atoms with E-state index in [2.05, 4.69) is 5.32 Å². The highest BCUT2D eigenvalue weighted by Gasteiger charge is 2.33. The van der Waals surface area contributed by atoms with Crippen LogP contribution in [-0.4, -0.2) is 79.1 Å².